The van der Waals surface area contributed by atoms with Gasteiger partial charge in [0.2, 0.25) is 0 Å². The minimum absolute atomic E-state index is 0.644. The fourth-order valence-electron chi connectivity index (χ4n) is 1.51. The van der Waals surface area contributed by atoms with Gasteiger partial charge in [-0.05, 0) is 58.2 Å². The molecule has 1 nitrogen and oxygen atoms in total. The van der Waals surface area contributed by atoms with Crippen molar-refractivity contribution >= 4 is 27.3 Å². The van der Waals surface area contributed by atoms with Crippen LogP contribution in [0.2, 0.25) is 0 Å². The monoisotopic (exact) mass is 289 g/mol. The van der Waals surface area contributed by atoms with Gasteiger partial charge in [-0.3, -0.25) is 0 Å². The Balaban J connectivity index is 2.25. The summed E-state index contributed by atoms with van der Waals surface area (Å²) in [5.41, 5.74) is 1.45. The lowest BCUT2D eigenvalue weighted by molar-refractivity contribution is 0.525. The second-order valence-electron chi connectivity index (χ2n) is 4.46. The topological polar surface area (TPSA) is 12.0 Å². The van der Waals surface area contributed by atoms with Gasteiger partial charge >= 0.3 is 0 Å². The average Bonchev–Trinajstić information content (AvgIpc) is 2.58. The highest BCUT2D eigenvalue weighted by Gasteiger charge is 2.09. The Bertz CT molecular complexity index is 283. The molecule has 0 aliphatic carbocycles. The number of rotatable bonds is 6. The molecule has 0 aliphatic heterocycles. The Hall–Kier alpha value is 0.140. The fourth-order valence-corrected chi connectivity index (χ4v) is 3.32. The molecule has 1 heterocycles. The van der Waals surface area contributed by atoms with Gasteiger partial charge in [0.25, 0.3) is 0 Å². The molecule has 15 heavy (non-hydrogen) atoms. The highest BCUT2D eigenvalue weighted by atomic mass is 79.9. The average molecular weight is 290 g/mol. The molecule has 3 heteroatoms. The van der Waals surface area contributed by atoms with Crippen LogP contribution in [-0.4, -0.2) is 13.1 Å². The van der Waals surface area contributed by atoms with Crippen LogP contribution in [-0.2, 0) is 0 Å². The second-order valence-corrected chi connectivity index (χ2v) is 6.06. The largest absolute Gasteiger partial charge is 0.316 e. The van der Waals surface area contributed by atoms with E-state index in [0.717, 1.165) is 19.0 Å². The van der Waals surface area contributed by atoms with E-state index < -0.39 is 0 Å². The smallest absolute Gasteiger partial charge is 0.0317 e. The maximum atomic E-state index is 3.59. The number of hydrogen-bond donors (Lipinski definition) is 1. The van der Waals surface area contributed by atoms with Crippen LogP contribution in [0.4, 0.5) is 0 Å². The molecule has 0 aromatic carbocycles. The highest BCUT2D eigenvalue weighted by molar-refractivity contribution is 9.10. The van der Waals surface area contributed by atoms with Crippen LogP contribution in [0, 0.1) is 5.92 Å². The zero-order chi connectivity index (χ0) is 11.3. The van der Waals surface area contributed by atoms with Gasteiger partial charge < -0.3 is 5.32 Å². The molecule has 0 bridgehead atoms. The van der Waals surface area contributed by atoms with Crippen molar-refractivity contribution in [2.24, 2.45) is 5.92 Å². The maximum absolute atomic E-state index is 3.59. The molecule has 0 amide bonds. The molecule has 1 N–H and O–H groups in total. The number of hydrogen-bond acceptors (Lipinski definition) is 2. The molecule has 1 atom stereocenters. The molecule has 0 aliphatic rings. The number of halogens is 1. The van der Waals surface area contributed by atoms with Crippen LogP contribution in [0.3, 0.4) is 0 Å². The van der Waals surface area contributed by atoms with Gasteiger partial charge in [-0.1, -0.05) is 20.8 Å². The normalized spacial score (nSPS) is 13.4. The molecule has 0 saturated carbocycles. The zero-order valence-corrected chi connectivity index (χ0v) is 12.1. The molecule has 1 aromatic heterocycles. The third-order valence-electron chi connectivity index (χ3n) is 2.48. The quantitative estimate of drug-likeness (QED) is 0.772. The maximum Gasteiger partial charge on any atom is 0.0317 e. The predicted molar refractivity (Wildman–Crippen MR) is 72.8 cm³/mol. The van der Waals surface area contributed by atoms with E-state index in [1.165, 1.54) is 16.5 Å². The lowest BCUT2D eigenvalue weighted by atomic mass is 10.0. The third-order valence-corrected chi connectivity index (χ3v) is 4.23. The van der Waals surface area contributed by atoms with Crippen LogP contribution >= 0.6 is 27.3 Å². The Morgan fingerprint density at radius 1 is 1.33 bits per heavy atom. The van der Waals surface area contributed by atoms with Crippen molar-refractivity contribution in [2.45, 2.75) is 33.1 Å². The van der Waals surface area contributed by atoms with Gasteiger partial charge in [-0.25, -0.2) is 0 Å². The van der Waals surface area contributed by atoms with E-state index in [1.807, 2.05) is 0 Å². The zero-order valence-electron chi connectivity index (χ0n) is 9.72. The Kier molecular flexibility index (Phi) is 5.87. The summed E-state index contributed by atoms with van der Waals surface area (Å²) in [6.07, 6.45) is 1.21. The molecular formula is C12H20BrNS. The Labute approximate surface area is 105 Å². The van der Waals surface area contributed by atoms with Gasteiger partial charge in [0.1, 0.15) is 0 Å². The second kappa shape index (κ2) is 6.66. The third kappa shape index (κ3) is 4.66. The van der Waals surface area contributed by atoms with Crippen molar-refractivity contribution in [2.75, 3.05) is 13.1 Å². The van der Waals surface area contributed by atoms with Gasteiger partial charge in [0.05, 0.1) is 0 Å². The SMILES string of the molecule is CC(C)CNCCC(C)c1cscc1Br. The summed E-state index contributed by atoms with van der Waals surface area (Å²) in [5.74, 6) is 1.39. The Morgan fingerprint density at radius 3 is 2.60 bits per heavy atom. The fraction of sp³-hybridized carbons (Fsp3) is 0.667. The summed E-state index contributed by atoms with van der Waals surface area (Å²) in [6.45, 7) is 9.01. The molecule has 0 spiro atoms. The van der Waals surface area contributed by atoms with E-state index >= 15 is 0 Å². The minimum Gasteiger partial charge on any atom is -0.316 e. The van der Waals surface area contributed by atoms with Crippen LogP contribution in [0.1, 0.15) is 38.7 Å². The molecule has 0 radical (unpaired) electrons. The number of nitrogens with one attached hydrogen (secondary N) is 1. The van der Waals surface area contributed by atoms with Gasteiger partial charge in [0, 0.05) is 9.85 Å². The van der Waals surface area contributed by atoms with Crippen molar-refractivity contribution in [3.63, 3.8) is 0 Å². The van der Waals surface area contributed by atoms with Crippen molar-refractivity contribution < 1.29 is 0 Å². The lowest BCUT2D eigenvalue weighted by Crippen LogP contribution is -2.21. The van der Waals surface area contributed by atoms with Gasteiger partial charge in [0.15, 0.2) is 0 Å². The molecule has 0 saturated heterocycles. The minimum atomic E-state index is 0.644. The van der Waals surface area contributed by atoms with E-state index in [0.29, 0.717) is 5.92 Å². The first-order valence-corrected chi connectivity index (χ1v) is 7.27. The van der Waals surface area contributed by atoms with Crippen molar-refractivity contribution in [1.29, 1.82) is 0 Å². The summed E-state index contributed by atoms with van der Waals surface area (Å²) in [4.78, 5) is 0. The molecular weight excluding hydrogens is 270 g/mol. The van der Waals surface area contributed by atoms with E-state index in [1.54, 1.807) is 11.3 Å². The molecule has 0 fully saturated rings. The lowest BCUT2D eigenvalue weighted by Gasteiger charge is -2.12. The van der Waals surface area contributed by atoms with E-state index in [-0.39, 0.29) is 0 Å². The van der Waals surface area contributed by atoms with Gasteiger partial charge in [-0.2, -0.15) is 11.3 Å². The van der Waals surface area contributed by atoms with E-state index in [9.17, 15) is 0 Å². The summed E-state index contributed by atoms with van der Waals surface area (Å²) in [5, 5.41) is 7.89. The first-order valence-electron chi connectivity index (χ1n) is 5.53. The molecule has 1 unspecified atom stereocenters. The highest BCUT2D eigenvalue weighted by Crippen LogP contribution is 2.29. The Morgan fingerprint density at radius 2 is 2.07 bits per heavy atom. The summed E-state index contributed by atoms with van der Waals surface area (Å²) in [6, 6.07) is 0. The molecule has 1 aromatic rings. The summed E-state index contributed by atoms with van der Waals surface area (Å²) >= 11 is 5.36. The molecule has 86 valence electrons. The van der Waals surface area contributed by atoms with Gasteiger partial charge in [-0.15, -0.1) is 0 Å². The standard InChI is InChI=1S/C12H20BrNS/c1-9(2)6-14-5-4-10(3)11-7-15-8-12(11)13/h7-10,14H,4-6H2,1-3H3. The van der Waals surface area contributed by atoms with Crippen molar-refractivity contribution in [3.8, 4) is 0 Å². The summed E-state index contributed by atoms with van der Waals surface area (Å²) in [7, 11) is 0. The van der Waals surface area contributed by atoms with Crippen molar-refractivity contribution in [3.05, 3.63) is 20.8 Å². The first-order chi connectivity index (χ1) is 7.11. The van der Waals surface area contributed by atoms with Crippen LogP contribution in [0.5, 0.6) is 0 Å². The molecule has 1 rings (SSSR count). The summed E-state index contributed by atoms with van der Waals surface area (Å²) < 4.78 is 1.27. The van der Waals surface area contributed by atoms with E-state index in [4.69, 9.17) is 0 Å². The van der Waals surface area contributed by atoms with Crippen molar-refractivity contribution in [1.82, 2.24) is 5.32 Å². The predicted octanol–water partition coefficient (Wildman–Crippen LogP) is 4.25. The number of thiophene rings is 1. The van der Waals surface area contributed by atoms with E-state index in [2.05, 4.69) is 52.8 Å². The van der Waals surface area contributed by atoms with Crippen LogP contribution < -0.4 is 5.32 Å². The van der Waals surface area contributed by atoms with Crippen LogP contribution in [0.25, 0.3) is 0 Å². The first kappa shape index (κ1) is 13.2. The van der Waals surface area contributed by atoms with Crippen LogP contribution in [0.15, 0.2) is 15.2 Å².